The number of thiazole rings is 1. The molecule has 0 spiro atoms. The first-order valence-electron chi connectivity index (χ1n) is 10.4. The van der Waals surface area contributed by atoms with Gasteiger partial charge in [-0.25, -0.2) is 4.98 Å². The fourth-order valence-corrected chi connectivity index (χ4v) is 5.60. The third kappa shape index (κ3) is 3.34. The van der Waals surface area contributed by atoms with E-state index in [1.54, 1.807) is 22.7 Å². The highest BCUT2D eigenvalue weighted by Gasteiger charge is 2.53. The zero-order valence-corrected chi connectivity index (χ0v) is 18.9. The number of carbonyl (C=O) groups excluding carboxylic acids is 1. The molecule has 1 aliphatic rings. The van der Waals surface area contributed by atoms with E-state index in [1.165, 1.54) is 10.3 Å². The number of amides is 1. The van der Waals surface area contributed by atoms with E-state index in [9.17, 15) is 4.79 Å². The van der Waals surface area contributed by atoms with Crippen molar-refractivity contribution in [2.45, 2.75) is 25.2 Å². The second-order valence-electron chi connectivity index (χ2n) is 8.16. The average molecular weight is 458 g/mol. The van der Waals surface area contributed by atoms with Crippen LogP contribution in [0, 0.1) is 6.92 Å². The van der Waals surface area contributed by atoms with Gasteiger partial charge in [-0.2, -0.15) is 0 Å². The molecule has 1 amide bonds. The number of carbonyl (C=O) groups is 1. The lowest BCUT2D eigenvalue weighted by Crippen LogP contribution is -2.28. The molecule has 158 valence electrons. The first kappa shape index (κ1) is 19.4. The molecule has 32 heavy (non-hydrogen) atoms. The van der Waals surface area contributed by atoms with Gasteiger partial charge in [0, 0.05) is 17.3 Å². The molecule has 6 rings (SSSR count). The van der Waals surface area contributed by atoms with Crippen molar-refractivity contribution < 1.29 is 9.32 Å². The number of hydrogen-bond donors (Lipinski definition) is 1. The third-order valence-corrected chi connectivity index (χ3v) is 7.83. The second kappa shape index (κ2) is 7.39. The number of nitrogens with one attached hydrogen (secondary N) is 1. The lowest BCUT2D eigenvalue weighted by Gasteiger charge is -2.12. The van der Waals surface area contributed by atoms with Crippen molar-refractivity contribution >= 4 is 44.5 Å². The summed E-state index contributed by atoms with van der Waals surface area (Å²) in [6.45, 7) is 2.09. The Bertz CT molecular complexity index is 1430. The Morgan fingerprint density at radius 3 is 2.69 bits per heavy atom. The van der Waals surface area contributed by atoms with E-state index >= 15 is 0 Å². The van der Waals surface area contributed by atoms with Crippen LogP contribution in [-0.2, 0) is 10.2 Å². The minimum atomic E-state index is -0.595. The van der Waals surface area contributed by atoms with Gasteiger partial charge in [-0.15, -0.1) is 22.7 Å². The standard InChI is InChI=1S/C25H19N3O2S2/c1-15-4-9-18-21(13-15)32-23(27-18)16-5-7-17(8-6-16)26-24(29)25(10-11-25)22-14-19(30-28-22)20-3-2-12-31-20/h2-9,12-14H,10-11H2,1H3,(H,26,29). The van der Waals surface area contributed by atoms with Crippen LogP contribution in [0.1, 0.15) is 24.1 Å². The maximum atomic E-state index is 13.1. The summed E-state index contributed by atoms with van der Waals surface area (Å²) in [5, 5.41) is 10.3. The first-order chi connectivity index (χ1) is 15.6. The minimum absolute atomic E-state index is 0.0354. The minimum Gasteiger partial charge on any atom is -0.355 e. The summed E-state index contributed by atoms with van der Waals surface area (Å²) in [7, 11) is 0. The van der Waals surface area contributed by atoms with Crippen molar-refractivity contribution in [1.82, 2.24) is 10.1 Å². The fourth-order valence-electron chi connectivity index (χ4n) is 3.86. The van der Waals surface area contributed by atoms with Crippen molar-refractivity contribution in [1.29, 1.82) is 0 Å². The van der Waals surface area contributed by atoms with Crippen molar-refractivity contribution in [2.75, 3.05) is 5.32 Å². The Morgan fingerprint density at radius 2 is 1.94 bits per heavy atom. The molecule has 3 aromatic heterocycles. The Labute approximate surface area is 192 Å². The number of nitrogens with zero attached hydrogens (tertiary/aromatic N) is 2. The highest BCUT2D eigenvalue weighted by Crippen LogP contribution is 2.49. The van der Waals surface area contributed by atoms with Gasteiger partial charge in [0.2, 0.25) is 5.91 Å². The van der Waals surface area contributed by atoms with Crippen LogP contribution in [0.15, 0.2) is 70.6 Å². The number of rotatable bonds is 5. The Hall–Kier alpha value is -3.29. The molecule has 0 atom stereocenters. The second-order valence-corrected chi connectivity index (χ2v) is 10.1. The van der Waals surface area contributed by atoms with Crippen molar-refractivity contribution in [3.63, 3.8) is 0 Å². The molecule has 0 bridgehead atoms. The predicted octanol–water partition coefficient (Wildman–Crippen LogP) is 6.66. The topological polar surface area (TPSA) is 68.0 Å². The molecule has 3 heterocycles. The van der Waals surface area contributed by atoms with Crippen LogP contribution in [-0.4, -0.2) is 16.0 Å². The number of thiophene rings is 1. The van der Waals surface area contributed by atoms with Gasteiger partial charge in [0.1, 0.15) is 5.01 Å². The Morgan fingerprint density at radius 1 is 1.09 bits per heavy atom. The fraction of sp³-hybridized carbons (Fsp3) is 0.160. The van der Waals surface area contributed by atoms with E-state index in [4.69, 9.17) is 9.51 Å². The number of aromatic nitrogens is 2. The van der Waals surface area contributed by atoms with Crippen LogP contribution in [0.2, 0.25) is 0 Å². The molecule has 0 unspecified atom stereocenters. The van der Waals surface area contributed by atoms with Crippen molar-refractivity contribution in [3.05, 3.63) is 77.3 Å². The zero-order valence-electron chi connectivity index (χ0n) is 17.3. The molecule has 1 fully saturated rings. The van der Waals surface area contributed by atoms with E-state index < -0.39 is 5.41 Å². The van der Waals surface area contributed by atoms with Crippen LogP contribution < -0.4 is 5.32 Å². The van der Waals surface area contributed by atoms with Gasteiger partial charge < -0.3 is 9.84 Å². The Balaban J connectivity index is 1.20. The number of fused-ring (bicyclic) bond motifs is 1. The molecule has 7 heteroatoms. The van der Waals surface area contributed by atoms with Crippen LogP contribution in [0.25, 0.3) is 31.4 Å². The molecule has 0 saturated heterocycles. The molecule has 5 aromatic rings. The number of benzene rings is 2. The average Bonchev–Trinajstić information content (AvgIpc) is 3.20. The summed E-state index contributed by atoms with van der Waals surface area (Å²) < 4.78 is 6.69. The van der Waals surface area contributed by atoms with Crippen molar-refractivity contribution in [3.8, 4) is 21.2 Å². The smallest absolute Gasteiger partial charge is 0.236 e. The SMILES string of the molecule is Cc1ccc2nc(-c3ccc(NC(=O)C4(c5cc(-c6cccs6)on5)CC4)cc3)sc2c1. The maximum absolute atomic E-state index is 13.1. The highest BCUT2D eigenvalue weighted by atomic mass is 32.1. The van der Waals surface area contributed by atoms with Gasteiger partial charge in [-0.1, -0.05) is 17.3 Å². The molecule has 2 aromatic carbocycles. The van der Waals surface area contributed by atoms with Crippen LogP contribution >= 0.6 is 22.7 Å². The van der Waals surface area contributed by atoms with Gasteiger partial charge in [-0.05, 0) is 73.2 Å². The molecular formula is C25H19N3O2S2. The van der Waals surface area contributed by atoms with Gasteiger partial charge in [0.25, 0.3) is 0 Å². The lowest BCUT2D eigenvalue weighted by molar-refractivity contribution is -0.118. The van der Waals surface area contributed by atoms with E-state index in [1.807, 2.05) is 47.8 Å². The maximum Gasteiger partial charge on any atom is 0.236 e. The van der Waals surface area contributed by atoms with Crippen LogP contribution in [0.3, 0.4) is 0 Å². The third-order valence-electron chi connectivity index (χ3n) is 5.88. The van der Waals surface area contributed by atoms with Crippen LogP contribution in [0.5, 0.6) is 0 Å². The largest absolute Gasteiger partial charge is 0.355 e. The molecule has 0 aliphatic heterocycles. The number of aryl methyl sites for hydroxylation is 1. The number of anilines is 1. The highest BCUT2D eigenvalue weighted by molar-refractivity contribution is 7.21. The molecular weight excluding hydrogens is 438 g/mol. The van der Waals surface area contributed by atoms with E-state index in [2.05, 4.69) is 35.6 Å². The van der Waals surface area contributed by atoms with Crippen molar-refractivity contribution in [2.24, 2.45) is 0 Å². The lowest BCUT2D eigenvalue weighted by atomic mass is 10.0. The molecule has 1 aliphatic carbocycles. The number of hydrogen-bond acceptors (Lipinski definition) is 6. The van der Waals surface area contributed by atoms with Crippen LogP contribution in [0.4, 0.5) is 5.69 Å². The zero-order chi connectivity index (χ0) is 21.7. The predicted molar refractivity (Wildman–Crippen MR) is 129 cm³/mol. The van der Waals surface area contributed by atoms with Gasteiger partial charge in [0.15, 0.2) is 5.76 Å². The summed E-state index contributed by atoms with van der Waals surface area (Å²) in [4.78, 5) is 18.9. The summed E-state index contributed by atoms with van der Waals surface area (Å²) in [6, 6.07) is 20.0. The normalized spacial score (nSPS) is 14.5. The monoisotopic (exact) mass is 457 g/mol. The van der Waals surface area contributed by atoms with Gasteiger partial charge >= 0.3 is 0 Å². The van der Waals surface area contributed by atoms with E-state index in [-0.39, 0.29) is 5.91 Å². The van der Waals surface area contributed by atoms with E-state index in [0.717, 1.165) is 39.5 Å². The first-order valence-corrected chi connectivity index (χ1v) is 12.1. The quantitative estimate of drug-likeness (QED) is 0.320. The van der Waals surface area contributed by atoms with E-state index in [0.29, 0.717) is 11.5 Å². The Kier molecular flexibility index (Phi) is 4.48. The summed E-state index contributed by atoms with van der Waals surface area (Å²) in [5.74, 6) is 0.677. The molecule has 5 nitrogen and oxygen atoms in total. The molecule has 1 N–H and O–H groups in total. The van der Waals surface area contributed by atoms with Gasteiger partial charge in [0.05, 0.1) is 26.2 Å². The summed E-state index contributed by atoms with van der Waals surface area (Å²) in [5.41, 5.74) is 4.17. The molecule has 1 saturated carbocycles. The molecule has 0 radical (unpaired) electrons. The summed E-state index contributed by atoms with van der Waals surface area (Å²) in [6.07, 6.45) is 1.55. The summed E-state index contributed by atoms with van der Waals surface area (Å²) >= 11 is 3.27. The van der Waals surface area contributed by atoms with Gasteiger partial charge in [-0.3, -0.25) is 4.79 Å².